The lowest BCUT2D eigenvalue weighted by atomic mass is 10.3. The van der Waals surface area contributed by atoms with Crippen molar-refractivity contribution in [3.05, 3.63) is 29.3 Å². The number of benzene rings is 1. The predicted molar refractivity (Wildman–Crippen MR) is 68.6 cm³/mol. The first kappa shape index (κ1) is 15.6. The molecule has 1 aromatic carbocycles. The van der Waals surface area contributed by atoms with Crippen LogP contribution in [0, 0.1) is 0 Å². The summed E-state index contributed by atoms with van der Waals surface area (Å²) >= 11 is 5.96. The first-order valence-electron chi connectivity index (χ1n) is 6.03. The van der Waals surface area contributed by atoms with E-state index in [-0.39, 0.29) is 12.4 Å². The Labute approximate surface area is 119 Å². The van der Waals surface area contributed by atoms with Gasteiger partial charge in [0.25, 0.3) is 0 Å². The Morgan fingerprint density at radius 3 is 2.61 bits per heavy atom. The lowest BCUT2D eigenvalue weighted by molar-refractivity contribution is -0.00000562. The van der Waals surface area contributed by atoms with Crippen LogP contribution in [-0.4, -0.2) is 42.4 Å². The number of nitrogens with zero attached hydrogens (tertiary/aromatic N) is 1. The van der Waals surface area contributed by atoms with E-state index in [0.29, 0.717) is 23.9 Å². The van der Waals surface area contributed by atoms with Gasteiger partial charge >= 0.3 is 0 Å². The molecule has 2 rings (SSSR count). The Bertz CT molecular complexity index is 357. The van der Waals surface area contributed by atoms with Crippen LogP contribution in [0.4, 0.5) is 0 Å². The standard InChI is InChI=1S/C13H18ClNO2.ClH/c14-12-5-1-2-6-13(12)17-10-11(16)9-15-7-3-4-8-15;/h1-2,5-6,11,16H,3-4,7-10H2;1H/p-1. The highest BCUT2D eigenvalue weighted by molar-refractivity contribution is 6.32. The summed E-state index contributed by atoms with van der Waals surface area (Å²) in [6, 6.07) is 7.32. The highest BCUT2D eigenvalue weighted by Gasteiger charge is 2.16. The van der Waals surface area contributed by atoms with Crippen LogP contribution in [0.3, 0.4) is 0 Å². The molecule has 1 fully saturated rings. The molecule has 0 aliphatic carbocycles. The number of aliphatic hydroxyl groups is 1. The summed E-state index contributed by atoms with van der Waals surface area (Å²) in [7, 11) is 0. The third kappa shape index (κ3) is 4.65. The lowest BCUT2D eigenvalue weighted by Gasteiger charge is -2.19. The topological polar surface area (TPSA) is 32.7 Å². The van der Waals surface area contributed by atoms with Crippen LogP contribution in [0.25, 0.3) is 0 Å². The van der Waals surface area contributed by atoms with Crippen molar-refractivity contribution in [1.82, 2.24) is 4.90 Å². The number of para-hydroxylation sites is 1. The van der Waals surface area contributed by atoms with Crippen molar-refractivity contribution in [1.29, 1.82) is 0 Å². The van der Waals surface area contributed by atoms with Gasteiger partial charge in [0, 0.05) is 6.54 Å². The molecule has 0 radical (unpaired) electrons. The number of halogens is 2. The fourth-order valence-electron chi connectivity index (χ4n) is 2.06. The van der Waals surface area contributed by atoms with Crippen molar-refractivity contribution in [3.8, 4) is 5.75 Å². The molecule has 0 amide bonds. The minimum atomic E-state index is -0.454. The molecule has 1 saturated heterocycles. The first-order chi connectivity index (χ1) is 8.25. The number of hydrogen-bond acceptors (Lipinski definition) is 3. The van der Waals surface area contributed by atoms with Crippen molar-refractivity contribution in [2.75, 3.05) is 26.2 Å². The van der Waals surface area contributed by atoms with E-state index in [9.17, 15) is 5.11 Å². The van der Waals surface area contributed by atoms with Crippen LogP contribution in [0.1, 0.15) is 12.8 Å². The Morgan fingerprint density at radius 1 is 1.28 bits per heavy atom. The zero-order valence-corrected chi connectivity index (χ0v) is 11.7. The Hall–Kier alpha value is -0.480. The maximum Gasteiger partial charge on any atom is 0.138 e. The molecule has 5 heteroatoms. The third-order valence-corrected chi connectivity index (χ3v) is 3.25. The molecule has 1 aliphatic rings. The zero-order valence-electron chi connectivity index (χ0n) is 10.2. The molecule has 1 aromatic rings. The highest BCUT2D eigenvalue weighted by Crippen LogP contribution is 2.23. The van der Waals surface area contributed by atoms with Crippen molar-refractivity contribution >= 4 is 11.6 Å². The lowest BCUT2D eigenvalue weighted by Crippen LogP contribution is -3.00. The van der Waals surface area contributed by atoms with Crippen molar-refractivity contribution < 1.29 is 22.3 Å². The SMILES string of the molecule is OC(COc1ccccc1Cl)CN1CCCC1.[Cl-]. The van der Waals surface area contributed by atoms with Gasteiger partial charge in [0.15, 0.2) is 0 Å². The number of rotatable bonds is 5. The van der Waals surface area contributed by atoms with Crippen LogP contribution in [0.15, 0.2) is 24.3 Å². The van der Waals surface area contributed by atoms with Crippen molar-refractivity contribution in [2.24, 2.45) is 0 Å². The quantitative estimate of drug-likeness (QED) is 0.769. The average molecular weight is 291 g/mol. The monoisotopic (exact) mass is 290 g/mol. The van der Waals surface area contributed by atoms with Crippen molar-refractivity contribution in [3.63, 3.8) is 0 Å². The largest absolute Gasteiger partial charge is 1.00 e. The molecule has 0 bridgehead atoms. The number of β-amino-alcohol motifs (C(OH)–C–C–N with tert-alkyl or cyclic N) is 1. The van der Waals surface area contributed by atoms with Gasteiger partial charge in [-0.3, -0.25) is 0 Å². The summed E-state index contributed by atoms with van der Waals surface area (Å²) in [5.74, 6) is 0.634. The van der Waals surface area contributed by atoms with E-state index >= 15 is 0 Å². The number of ether oxygens (including phenoxy) is 1. The van der Waals surface area contributed by atoms with Gasteiger partial charge in [-0.1, -0.05) is 23.7 Å². The van der Waals surface area contributed by atoms with E-state index < -0.39 is 6.10 Å². The minimum Gasteiger partial charge on any atom is -1.00 e. The molecule has 1 aliphatic heterocycles. The molecule has 0 saturated carbocycles. The highest BCUT2D eigenvalue weighted by atomic mass is 35.5. The molecular formula is C13H18Cl2NO2-. The van der Waals surface area contributed by atoms with Crippen LogP contribution in [-0.2, 0) is 0 Å². The van der Waals surface area contributed by atoms with Gasteiger partial charge in [0.2, 0.25) is 0 Å². The summed E-state index contributed by atoms with van der Waals surface area (Å²) in [6.07, 6.45) is 2.01. The van der Waals surface area contributed by atoms with Gasteiger partial charge < -0.3 is 27.2 Å². The van der Waals surface area contributed by atoms with Gasteiger partial charge in [-0.15, -0.1) is 0 Å². The van der Waals surface area contributed by atoms with E-state index in [1.165, 1.54) is 12.8 Å². The molecule has 3 nitrogen and oxygen atoms in total. The molecular weight excluding hydrogens is 273 g/mol. The maximum atomic E-state index is 9.85. The fraction of sp³-hybridized carbons (Fsp3) is 0.538. The van der Waals surface area contributed by atoms with E-state index in [1.54, 1.807) is 6.07 Å². The third-order valence-electron chi connectivity index (χ3n) is 2.94. The molecule has 1 atom stereocenters. The second kappa shape index (κ2) is 7.85. The zero-order chi connectivity index (χ0) is 12.1. The summed E-state index contributed by atoms with van der Waals surface area (Å²) in [6.45, 7) is 3.15. The molecule has 102 valence electrons. The summed E-state index contributed by atoms with van der Waals surface area (Å²) in [5, 5.41) is 10.4. The summed E-state index contributed by atoms with van der Waals surface area (Å²) in [4.78, 5) is 2.26. The smallest absolute Gasteiger partial charge is 0.138 e. The second-order valence-corrected chi connectivity index (χ2v) is 4.81. The van der Waals surface area contributed by atoms with Crippen LogP contribution < -0.4 is 17.1 Å². The van der Waals surface area contributed by atoms with E-state index in [4.69, 9.17) is 16.3 Å². The summed E-state index contributed by atoms with van der Waals surface area (Å²) < 4.78 is 5.50. The molecule has 1 heterocycles. The Balaban J connectivity index is 0.00000162. The number of hydrogen-bond donors (Lipinski definition) is 1. The molecule has 0 spiro atoms. The molecule has 0 aromatic heterocycles. The van der Waals surface area contributed by atoms with Crippen LogP contribution in [0.5, 0.6) is 5.75 Å². The first-order valence-corrected chi connectivity index (χ1v) is 6.41. The van der Waals surface area contributed by atoms with Gasteiger partial charge in [-0.05, 0) is 38.1 Å². The fourth-order valence-corrected chi connectivity index (χ4v) is 2.25. The number of aliphatic hydroxyl groups excluding tert-OH is 1. The molecule has 1 N–H and O–H groups in total. The molecule has 1 unspecified atom stereocenters. The van der Waals surface area contributed by atoms with Crippen molar-refractivity contribution in [2.45, 2.75) is 18.9 Å². The predicted octanol–water partition coefficient (Wildman–Crippen LogP) is -0.820. The normalized spacial score (nSPS) is 17.2. The minimum absolute atomic E-state index is 0. The van der Waals surface area contributed by atoms with Gasteiger partial charge in [0.1, 0.15) is 18.5 Å². The van der Waals surface area contributed by atoms with E-state index in [0.717, 1.165) is 13.1 Å². The van der Waals surface area contributed by atoms with E-state index in [1.807, 2.05) is 18.2 Å². The van der Waals surface area contributed by atoms with E-state index in [2.05, 4.69) is 4.90 Å². The van der Waals surface area contributed by atoms with Gasteiger partial charge in [0.05, 0.1) is 5.02 Å². The number of likely N-dealkylation sites (tertiary alicyclic amines) is 1. The van der Waals surface area contributed by atoms with Gasteiger partial charge in [-0.2, -0.15) is 0 Å². The maximum absolute atomic E-state index is 9.85. The average Bonchev–Trinajstić information content (AvgIpc) is 2.81. The Kier molecular flexibility index (Phi) is 6.79. The van der Waals surface area contributed by atoms with Crippen LogP contribution in [0.2, 0.25) is 5.02 Å². The molecule has 18 heavy (non-hydrogen) atoms. The summed E-state index contributed by atoms with van der Waals surface area (Å²) in [5.41, 5.74) is 0. The van der Waals surface area contributed by atoms with Gasteiger partial charge in [-0.25, -0.2) is 0 Å². The Morgan fingerprint density at radius 2 is 1.94 bits per heavy atom. The van der Waals surface area contributed by atoms with Crippen LogP contribution >= 0.6 is 11.6 Å². The second-order valence-electron chi connectivity index (χ2n) is 4.40.